The monoisotopic (exact) mass is 357 g/mol. The van der Waals surface area contributed by atoms with E-state index in [4.69, 9.17) is 11.6 Å². The molecule has 1 aromatic carbocycles. The van der Waals surface area contributed by atoms with E-state index in [2.05, 4.69) is 28.2 Å². The second kappa shape index (κ2) is 7.46. The Morgan fingerprint density at radius 1 is 1.40 bits per heavy atom. The van der Waals surface area contributed by atoms with Gasteiger partial charge in [0.05, 0.1) is 5.56 Å². The zero-order valence-electron chi connectivity index (χ0n) is 11.8. The molecule has 0 spiro atoms. The van der Waals surface area contributed by atoms with Crippen molar-refractivity contribution < 1.29 is 4.79 Å². The normalized spacial score (nSPS) is 17.8. The summed E-state index contributed by atoms with van der Waals surface area (Å²) in [6.45, 7) is 2.15. The molecule has 1 saturated carbocycles. The highest BCUT2D eigenvalue weighted by molar-refractivity contribution is 9.10. The fraction of sp³-hybridized carbons (Fsp3) is 0.562. The van der Waals surface area contributed by atoms with Crippen LogP contribution in [0.3, 0.4) is 0 Å². The van der Waals surface area contributed by atoms with Gasteiger partial charge in [-0.05, 0) is 59.3 Å². The van der Waals surface area contributed by atoms with Gasteiger partial charge < -0.3 is 5.32 Å². The summed E-state index contributed by atoms with van der Waals surface area (Å²) in [5, 5.41) is 3.78. The molecular formula is C16H21BrClNO. The minimum atomic E-state index is -0.0307. The standard InChI is InChI=1S/C16H21BrClNO/c1-2-15(11-6-4-3-5-7-11)19-16(20)13-10-12(18)8-9-14(13)17/h8-11,15H,2-7H2,1H3,(H,19,20). The third-order valence-electron chi connectivity index (χ3n) is 4.15. The molecule has 1 fully saturated rings. The average Bonchev–Trinajstić information content (AvgIpc) is 2.48. The molecule has 1 atom stereocenters. The van der Waals surface area contributed by atoms with Gasteiger partial charge in [-0.1, -0.05) is 37.8 Å². The van der Waals surface area contributed by atoms with E-state index in [0.29, 0.717) is 16.5 Å². The Bertz CT molecular complexity index is 472. The quantitative estimate of drug-likeness (QED) is 0.788. The molecule has 1 unspecified atom stereocenters. The molecule has 1 aliphatic rings. The summed E-state index contributed by atoms with van der Waals surface area (Å²) >= 11 is 9.40. The molecule has 4 heteroatoms. The van der Waals surface area contributed by atoms with E-state index in [-0.39, 0.29) is 11.9 Å². The molecule has 0 radical (unpaired) electrons. The number of halogens is 2. The van der Waals surface area contributed by atoms with Crippen LogP contribution in [0.5, 0.6) is 0 Å². The van der Waals surface area contributed by atoms with Crippen molar-refractivity contribution in [1.29, 1.82) is 0 Å². The molecule has 1 aromatic rings. The third-order valence-corrected chi connectivity index (χ3v) is 5.07. The summed E-state index contributed by atoms with van der Waals surface area (Å²) in [6.07, 6.45) is 7.36. The first-order chi connectivity index (χ1) is 9.61. The maximum atomic E-state index is 12.4. The summed E-state index contributed by atoms with van der Waals surface area (Å²) in [4.78, 5) is 12.4. The molecule has 2 nitrogen and oxygen atoms in total. The van der Waals surface area contributed by atoms with Gasteiger partial charge in [0, 0.05) is 15.5 Å². The second-order valence-electron chi connectivity index (χ2n) is 5.51. The lowest BCUT2D eigenvalue weighted by atomic mass is 9.83. The summed E-state index contributed by atoms with van der Waals surface area (Å²) in [5.41, 5.74) is 0.617. The lowest BCUT2D eigenvalue weighted by molar-refractivity contribution is 0.0910. The van der Waals surface area contributed by atoms with Crippen molar-refractivity contribution >= 4 is 33.4 Å². The van der Waals surface area contributed by atoms with Crippen LogP contribution < -0.4 is 5.32 Å². The first-order valence-corrected chi connectivity index (χ1v) is 8.54. The van der Waals surface area contributed by atoms with Crippen LogP contribution in [0.1, 0.15) is 55.8 Å². The molecular weight excluding hydrogens is 338 g/mol. The Morgan fingerprint density at radius 3 is 2.75 bits per heavy atom. The minimum absolute atomic E-state index is 0.0307. The van der Waals surface area contributed by atoms with E-state index in [0.717, 1.165) is 10.9 Å². The first-order valence-electron chi connectivity index (χ1n) is 7.37. The van der Waals surface area contributed by atoms with E-state index in [9.17, 15) is 4.79 Å². The van der Waals surface area contributed by atoms with Crippen molar-refractivity contribution in [2.75, 3.05) is 0 Å². The van der Waals surface area contributed by atoms with Crippen molar-refractivity contribution in [2.24, 2.45) is 5.92 Å². The second-order valence-corrected chi connectivity index (χ2v) is 6.80. The number of hydrogen-bond acceptors (Lipinski definition) is 1. The number of hydrogen-bond donors (Lipinski definition) is 1. The number of carbonyl (C=O) groups is 1. The summed E-state index contributed by atoms with van der Waals surface area (Å²) in [6, 6.07) is 5.59. The Labute approximate surface area is 134 Å². The van der Waals surface area contributed by atoms with E-state index >= 15 is 0 Å². The van der Waals surface area contributed by atoms with Crippen molar-refractivity contribution in [1.82, 2.24) is 5.32 Å². The van der Waals surface area contributed by atoms with Crippen molar-refractivity contribution in [3.63, 3.8) is 0 Å². The lowest BCUT2D eigenvalue weighted by Crippen LogP contribution is -2.40. The molecule has 1 amide bonds. The van der Waals surface area contributed by atoms with Crippen LogP contribution in [-0.2, 0) is 0 Å². The maximum Gasteiger partial charge on any atom is 0.252 e. The molecule has 0 aromatic heterocycles. The molecule has 0 heterocycles. The van der Waals surface area contributed by atoms with Crippen molar-refractivity contribution in [2.45, 2.75) is 51.5 Å². The molecule has 1 N–H and O–H groups in total. The van der Waals surface area contributed by atoms with Gasteiger partial charge in [-0.25, -0.2) is 0 Å². The Balaban J connectivity index is 2.06. The highest BCUT2D eigenvalue weighted by Crippen LogP contribution is 2.28. The molecule has 1 aliphatic carbocycles. The van der Waals surface area contributed by atoms with E-state index < -0.39 is 0 Å². The van der Waals surface area contributed by atoms with Gasteiger partial charge in [-0.15, -0.1) is 0 Å². The number of amides is 1. The fourth-order valence-electron chi connectivity index (χ4n) is 3.01. The SMILES string of the molecule is CCC(NC(=O)c1cc(Cl)ccc1Br)C1CCCCC1. The van der Waals surface area contributed by atoms with Crippen molar-refractivity contribution in [3.05, 3.63) is 33.3 Å². The Kier molecular flexibility index (Phi) is 5.91. The lowest BCUT2D eigenvalue weighted by Gasteiger charge is -2.30. The zero-order valence-corrected chi connectivity index (χ0v) is 14.1. The highest BCUT2D eigenvalue weighted by Gasteiger charge is 2.24. The summed E-state index contributed by atoms with van der Waals surface area (Å²) in [7, 11) is 0. The highest BCUT2D eigenvalue weighted by atomic mass is 79.9. The van der Waals surface area contributed by atoms with Gasteiger partial charge in [0.1, 0.15) is 0 Å². The number of nitrogens with one attached hydrogen (secondary N) is 1. The van der Waals surface area contributed by atoms with Crippen LogP contribution >= 0.6 is 27.5 Å². The van der Waals surface area contributed by atoms with Crippen LogP contribution in [0.2, 0.25) is 5.02 Å². The van der Waals surface area contributed by atoms with Gasteiger partial charge in [-0.2, -0.15) is 0 Å². The fourth-order valence-corrected chi connectivity index (χ4v) is 3.61. The predicted molar refractivity (Wildman–Crippen MR) is 87.3 cm³/mol. The number of carbonyl (C=O) groups excluding carboxylic acids is 1. The Hall–Kier alpha value is -0.540. The summed E-state index contributed by atoms with van der Waals surface area (Å²) < 4.78 is 0.790. The molecule has 110 valence electrons. The van der Waals surface area contributed by atoms with Crippen LogP contribution in [0.4, 0.5) is 0 Å². The smallest absolute Gasteiger partial charge is 0.252 e. The minimum Gasteiger partial charge on any atom is -0.349 e. The van der Waals surface area contributed by atoms with Gasteiger partial charge in [0.2, 0.25) is 0 Å². The van der Waals surface area contributed by atoms with E-state index in [1.165, 1.54) is 32.1 Å². The summed E-state index contributed by atoms with van der Waals surface area (Å²) in [5.74, 6) is 0.590. The van der Waals surface area contributed by atoms with Crippen LogP contribution in [0.25, 0.3) is 0 Å². The van der Waals surface area contributed by atoms with Gasteiger partial charge >= 0.3 is 0 Å². The molecule has 0 aliphatic heterocycles. The van der Waals surface area contributed by atoms with Crippen LogP contribution in [0.15, 0.2) is 22.7 Å². The molecule has 2 rings (SSSR count). The number of benzene rings is 1. The topological polar surface area (TPSA) is 29.1 Å². The zero-order chi connectivity index (χ0) is 14.5. The largest absolute Gasteiger partial charge is 0.349 e. The number of rotatable bonds is 4. The van der Waals surface area contributed by atoms with Crippen molar-refractivity contribution in [3.8, 4) is 0 Å². The first kappa shape index (κ1) is 15.8. The maximum absolute atomic E-state index is 12.4. The van der Waals surface area contributed by atoms with Gasteiger partial charge in [-0.3, -0.25) is 4.79 Å². The predicted octanol–water partition coefficient (Wildman–Crippen LogP) is 5.19. The van der Waals surface area contributed by atoms with E-state index in [1.54, 1.807) is 12.1 Å². The van der Waals surface area contributed by atoms with Gasteiger partial charge in [0.15, 0.2) is 0 Å². The van der Waals surface area contributed by atoms with Crippen LogP contribution in [0, 0.1) is 5.92 Å². The van der Waals surface area contributed by atoms with Gasteiger partial charge in [0.25, 0.3) is 5.91 Å². The van der Waals surface area contributed by atoms with E-state index in [1.807, 2.05) is 6.07 Å². The Morgan fingerprint density at radius 2 is 2.10 bits per heavy atom. The molecule has 0 saturated heterocycles. The average molecular weight is 359 g/mol. The van der Waals surface area contributed by atoms with Crippen LogP contribution in [-0.4, -0.2) is 11.9 Å². The third kappa shape index (κ3) is 3.98. The molecule has 0 bridgehead atoms. The molecule has 20 heavy (non-hydrogen) atoms.